The molecule has 0 radical (unpaired) electrons. The Bertz CT molecular complexity index is 535. The number of ether oxygens (including phenoxy) is 2. The van der Waals surface area contributed by atoms with Gasteiger partial charge in [0.05, 0.1) is 19.9 Å². The Morgan fingerprint density at radius 1 is 1.19 bits per heavy atom. The van der Waals surface area contributed by atoms with Crippen LogP contribution in [0.1, 0.15) is 25.7 Å². The summed E-state index contributed by atoms with van der Waals surface area (Å²) >= 11 is 5.46. The molecule has 1 aromatic rings. The molecule has 0 spiro atoms. The maximum absolute atomic E-state index is 5.46. The van der Waals surface area contributed by atoms with Crippen LogP contribution in [0.25, 0.3) is 0 Å². The van der Waals surface area contributed by atoms with Crippen LogP contribution in [0, 0.1) is 11.8 Å². The van der Waals surface area contributed by atoms with Gasteiger partial charge in [-0.3, -0.25) is 0 Å². The molecule has 2 saturated carbocycles. The van der Waals surface area contributed by atoms with E-state index in [1.54, 1.807) is 14.2 Å². The van der Waals surface area contributed by atoms with E-state index in [-0.39, 0.29) is 0 Å². The molecule has 0 amide bonds. The topological polar surface area (TPSA) is 42.5 Å². The molecular formula is C16H22N2O2S. The number of benzene rings is 1. The number of hydrogen-bond acceptors (Lipinski definition) is 3. The van der Waals surface area contributed by atoms with Crippen molar-refractivity contribution < 1.29 is 9.47 Å². The molecule has 3 rings (SSSR count). The first-order valence-corrected chi connectivity index (χ1v) is 7.90. The van der Waals surface area contributed by atoms with Gasteiger partial charge in [0, 0.05) is 12.1 Å². The molecule has 0 heterocycles. The second-order valence-electron chi connectivity index (χ2n) is 5.95. The van der Waals surface area contributed by atoms with E-state index in [0.717, 1.165) is 29.0 Å². The van der Waals surface area contributed by atoms with Crippen LogP contribution in [0.5, 0.6) is 11.5 Å². The Morgan fingerprint density at radius 2 is 2.05 bits per heavy atom. The maximum Gasteiger partial charge on any atom is 0.171 e. The molecule has 0 saturated heterocycles. The molecule has 0 aromatic heterocycles. The highest BCUT2D eigenvalue weighted by Crippen LogP contribution is 2.44. The fraction of sp³-hybridized carbons (Fsp3) is 0.562. The van der Waals surface area contributed by atoms with Crippen LogP contribution in [0.2, 0.25) is 0 Å². The summed E-state index contributed by atoms with van der Waals surface area (Å²) in [5, 5.41) is 7.38. The quantitative estimate of drug-likeness (QED) is 0.836. The van der Waals surface area contributed by atoms with Gasteiger partial charge in [-0.15, -0.1) is 0 Å². The highest BCUT2D eigenvalue weighted by atomic mass is 32.1. The van der Waals surface area contributed by atoms with E-state index in [4.69, 9.17) is 21.7 Å². The van der Waals surface area contributed by atoms with Gasteiger partial charge in [-0.2, -0.15) is 0 Å². The first kappa shape index (κ1) is 14.4. The summed E-state index contributed by atoms with van der Waals surface area (Å²) < 4.78 is 10.6. The predicted molar refractivity (Wildman–Crippen MR) is 88.1 cm³/mol. The molecule has 4 nitrogen and oxygen atoms in total. The minimum absolute atomic E-state index is 0.528. The van der Waals surface area contributed by atoms with Gasteiger partial charge in [0.1, 0.15) is 11.5 Å². The molecule has 2 N–H and O–H groups in total. The summed E-state index contributed by atoms with van der Waals surface area (Å²) in [5.41, 5.74) is 0.831. The normalized spacial score (nSPS) is 26.5. The zero-order chi connectivity index (χ0) is 14.8. The van der Waals surface area contributed by atoms with Crippen molar-refractivity contribution in [2.24, 2.45) is 11.8 Å². The summed E-state index contributed by atoms with van der Waals surface area (Å²) in [6.45, 7) is 0. The second-order valence-corrected chi connectivity index (χ2v) is 6.35. The summed E-state index contributed by atoms with van der Waals surface area (Å²) in [6.07, 6.45) is 5.35. The monoisotopic (exact) mass is 306 g/mol. The van der Waals surface area contributed by atoms with Gasteiger partial charge < -0.3 is 20.1 Å². The molecule has 2 aliphatic rings. The van der Waals surface area contributed by atoms with Gasteiger partial charge in [-0.25, -0.2) is 0 Å². The molecule has 5 heteroatoms. The first-order valence-electron chi connectivity index (χ1n) is 7.49. The zero-order valence-electron chi connectivity index (χ0n) is 12.5. The summed E-state index contributed by atoms with van der Waals surface area (Å²) in [4.78, 5) is 0. The van der Waals surface area contributed by atoms with Gasteiger partial charge in [-0.05, 0) is 55.4 Å². The van der Waals surface area contributed by atoms with Gasteiger partial charge in [-0.1, -0.05) is 6.42 Å². The fourth-order valence-electron chi connectivity index (χ4n) is 3.66. The van der Waals surface area contributed by atoms with Crippen molar-refractivity contribution in [1.82, 2.24) is 5.32 Å². The molecule has 2 bridgehead atoms. The molecular weight excluding hydrogens is 284 g/mol. The standard InChI is InChI=1S/C16H22N2O2S/c1-19-12-5-6-15(20-2)14(9-12)18-16(21)17-13-8-10-3-4-11(13)7-10/h5-6,9-11,13H,3-4,7-8H2,1-2H3,(H2,17,18,21). The van der Waals surface area contributed by atoms with Crippen molar-refractivity contribution in [1.29, 1.82) is 0 Å². The third-order valence-electron chi connectivity index (χ3n) is 4.71. The number of anilines is 1. The molecule has 3 atom stereocenters. The van der Waals surface area contributed by atoms with Crippen LogP contribution >= 0.6 is 12.2 Å². The second kappa shape index (κ2) is 6.10. The molecule has 2 aliphatic carbocycles. The fourth-order valence-corrected chi connectivity index (χ4v) is 3.92. The van der Waals surface area contributed by atoms with E-state index >= 15 is 0 Å². The van der Waals surface area contributed by atoms with E-state index in [1.807, 2.05) is 18.2 Å². The van der Waals surface area contributed by atoms with Crippen LogP contribution < -0.4 is 20.1 Å². The smallest absolute Gasteiger partial charge is 0.171 e. The van der Waals surface area contributed by atoms with Crippen LogP contribution in [-0.2, 0) is 0 Å². The Balaban J connectivity index is 1.64. The Hall–Kier alpha value is -1.49. The molecule has 2 fully saturated rings. The van der Waals surface area contributed by atoms with Gasteiger partial charge in [0.2, 0.25) is 0 Å². The number of thiocarbonyl (C=S) groups is 1. The summed E-state index contributed by atoms with van der Waals surface area (Å²) in [6, 6.07) is 6.17. The van der Waals surface area contributed by atoms with E-state index in [1.165, 1.54) is 25.7 Å². The van der Waals surface area contributed by atoms with Crippen molar-refractivity contribution >= 4 is 23.0 Å². The lowest BCUT2D eigenvalue weighted by atomic mass is 9.96. The van der Waals surface area contributed by atoms with Crippen molar-refractivity contribution in [3.05, 3.63) is 18.2 Å². The molecule has 0 aliphatic heterocycles. The number of hydrogen-bond donors (Lipinski definition) is 2. The third-order valence-corrected chi connectivity index (χ3v) is 4.93. The van der Waals surface area contributed by atoms with Crippen LogP contribution in [0.15, 0.2) is 18.2 Å². The lowest BCUT2D eigenvalue weighted by Gasteiger charge is -2.25. The van der Waals surface area contributed by atoms with Crippen molar-refractivity contribution in [3.63, 3.8) is 0 Å². The molecule has 114 valence electrons. The lowest BCUT2D eigenvalue weighted by Crippen LogP contribution is -2.40. The Labute approximate surface area is 131 Å². The van der Waals surface area contributed by atoms with Crippen LogP contribution in [0.3, 0.4) is 0 Å². The van der Waals surface area contributed by atoms with Gasteiger partial charge >= 0.3 is 0 Å². The molecule has 1 aromatic carbocycles. The van der Waals surface area contributed by atoms with E-state index < -0.39 is 0 Å². The van der Waals surface area contributed by atoms with Crippen LogP contribution in [0.4, 0.5) is 5.69 Å². The van der Waals surface area contributed by atoms with Crippen molar-refractivity contribution in [2.45, 2.75) is 31.7 Å². The number of methoxy groups -OCH3 is 2. The van der Waals surface area contributed by atoms with E-state index in [9.17, 15) is 0 Å². The predicted octanol–water partition coefficient (Wildman–Crippen LogP) is 3.18. The average Bonchev–Trinajstić information content (AvgIpc) is 3.09. The lowest BCUT2D eigenvalue weighted by molar-refractivity contribution is 0.391. The zero-order valence-corrected chi connectivity index (χ0v) is 13.3. The first-order chi connectivity index (χ1) is 10.2. The third kappa shape index (κ3) is 3.07. The Kier molecular flexibility index (Phi) is 4.19. The highest BCUT2D eigenvalue weighted by Gasteiger charge is 2.39. The minimum Gasteiger partial charge on any atom is -0.497 e. The number of fused-ring (bicyclic) bond motifs is 2. The molecule has 3 unspecified atom stereocenters. The average molecular weight is 306 g/mol. The van der Waals surface area contributed by atoms with Gasteiger partial charge in [0.25, 0.3) is 0 Å². The Morgan fingerprint density at radius 3 is 2.67 bits per heavy atom. The summed E-state index contributed by atoms with van der Waals surface area (Å²) in [7, 11) is 3.30. The molecule has 21 heavy (non-hydrogen) atoms. The van der Waals surface area contributed by atoms with Gasteiger partial charge in [0.15, 0.2) is 5.11 Å². The van der Waals surface area contributed by atoms with E-state index in [2.05, 4.69) is 10.6 Å². The number of rotatable bonds is 4. The minimum atomic E-state index is 0.528. The highest BCUT2D eigenvalue weighted by molar-refractivity contribution is 7.80. The largest absolute Gasteiger partial charge is 0.497 e. The van der Waals surface area contributed by atoms with Crippen molar-refractivity contribution in [2.75, 3.05) is 19.5 Å². The SMILES string of the molecule is COc1ccc(OC)c(NC(=S)NC2CC3CCC2C3)c1. The summed E-state index contributed by atoms with van der Waals surface area (Å²) in [5.74, 6) is 3.23. The number of nitrogens with one attached hydrogen (secondary N) is 2. The van der Waals surface area contributed by atoms with E-state index in [0.29, 0.717) is 11.2 Å². The van der Waals surface area contributed by atoms with Crippen molar-refractivity contribution in [3.8, 4) is 11.5 Å². The maximum atomic E-state index is 5.46. The van der Waals surface area contributed by atoms with Crippen LogP contribution in [-0.4, -0.2) is 25.4 Å².